The Morgan fingerprint density at radius 3 is 2.88 bits per heavy atom. The summed E-state index contributed by atoms with van der Waals surface area (Å²) in [6.45, 7) is 10.1. The molecule has 0 radical (unpaired) electrons. The molecule has 94 valence electrons. The van der Waals surface area contributed by atoms with Crippen molar-refractivity contribution >= 4 is 5.69 Å². The largest absolute Gasteiger partial charge is 0.366 e. The lowest BCUT2D eigenvalue weighted by Crippen LogP contribution is -2.50. The third-order valence-electron chi connectivity index (χ3n) is 3.61. The summed E-state index contributed by atoms with van der Waals surface area (Å²) in [6.07, 6.45) is 2.42. The zero-order chi connectivity index (χ0) is 12.3. The van der Waals surface area contributed by atoms with Gasteiger partial charge in [-0.1, -0.05) is 25.5 Å². The van der Waals surface area contributed by atoms with Crippen molar-refractivity contribution in [1.29, 1.82) is 0 Å². The number of aryl methyl sites for hydroxylation is 2. The van der Waals surface area contributed by atoms with Gasteiger partial charge in [0.15, 0.2) is 0 Å². The number of nitrogens with zero attached hydrogens (tertiary/aromatic N) is 1. The average molecular weight is 232 g/mol. The van der Waals surface area contributed by atoms with Gasteiger partial charge in [0.2, 0.25) is 0 Å². The lowest BCUT2D eigenvalue weighted by Gasteiger charge is -2.37. The molecule has 1 aliphatic heterocycles. The van der Waals surface area contributed by atoms with E-state index in [0.717, 1.165) is 19.6 Å². The number of nitrogens with one attached hydrogen (secondary N) is 1. The highest BCUT2D eigenvalue weighted by atomic mass is 15.2. The molecule has 2 nitrogen and oxygen atoms in total. The van der Waals surface area contributed by atoms with Crippen LogP contribution >= 0.6 is 0 Å². The number of benzene rings is 1. The van der Waals surface area contributed by atoms with Gasteiger partial charge >= 0.3 is 0 Å². The molecular weight excluding hydrogens is 208 g/mol. The van der Waals surface area contributed by atoms with E-state index in [-0.39, 0.29) is 0 Å². The highest BCUT2D eigenvalue weighted by Crippen LogP contribution is 2.24. The molecule has 1 N–H and O–H groups in total. The third kappa shape index (κ3) is 2.81. The molecule has 0 bridgehead atoms. The molecule has 1 aliphatic rings. The van der Waals surface area contributed by atoms with Crippen LogP contribution in [0.2, 0.25) is 0 Å². The smallest absolute Gasteiger partial charge is 0.0399 e. The molecule has 0 amide bonds. The molecule has 1 atom stereocenters. The van der Waals surface area contributed by atoms with E-state index in [4.69, 9.17) is 0 Å². The minimum Gasteiger partial charge on any atom is -0.366 e. The zero-order valence-electron chi connectivity index (χ0n) is 11.3. The molecule has 1 aromatic rings. The Bertz CT molecular complexity index is 373. The lowest BCUT2D eigenvalue weighted by atomic mass is 10.0. The van der Waals surface area contributed by atoms with Crippen LogP contribution < -0.4 is 10.2 Å². The Morgan fingerprint density at radius 2 is 2.24 bits per heavy atom. The molecule has 2 heteroatoms. The fraction of sp³-hybridized carbons (Fsp3) is 0.600. The van der Waals surface area contributed by atoms with Gasteiger partial charge in [0.25, 0.3) is 0 Å². The van der Waals surface area contributed by atoms with Crippen LogP contribution in [0.25, 0.3) is 0 Å². The van der Waals surface area contributed by atoms with E-state index in [2.05, 4.69) is 49.2 Å². The Labute approximate surface area is 105 Å². The Hall–Kier alpha value is -1.02. The minimum atomic E-state index is 0.597. The van der Waals surface area contributed by atoms with E-state index < -0.39 is 0 Å². The molecule has 1 heterocycles. The Morgan fingerprint density at radius 1 is 1.41 bits per heavy atom. The van der Waals surface area contributed by atoms with Crippen molar-refractivity contribution in [3.05, 3.63) is 29.3 Å². The minimum absolute atomic E-state index is 0.597. The summed E-state index contributed by atoms with van der Waals surface area (Å²) in [5.41, 5.74) is 4.31. The molecule has 1 aromatic carbocycles. The summed E-state index contributed by atoms with van der Waals surface area (Å²) in [7, 11) is 0. The fourth-order valence-corrected chi connectivity index (χ4v) is 2.68. The van der Waals surface area contributed by atoms with Crippen molar-refractivity contribution in [2.45, 2.75) is 39.7 Å². The van der Waals surface area contributed by atoms with Gasteiger partial charge in [-0.15, -0.1) is 0 Å². The van der Waals surface area contributed by atoms with Gasteiger partial charge in [0.05, 0.1) is 0 Å². The van der Waals surface area contributed by atoms with Crippen LogP contribution in [0.3, 0.4) is 0 Å². The third-order valence-corrected chi connectivity index (χ3v) is 3.61. The van der Waals surface area contributed by atoms with Crippen molar-refractivity contribution in [3.63, 3.8) is 0 Å². The molecule has 0 spiro atoms. The van der Waals surface area contributed by atoms with Gasteiger partial charge in [0, 0.05) is 31.4 Å². The Balaban J connectivity index is 2.20. The fourth-order valence-electron chi connectivity index (χ4n) is 2.68. The van der Waals surface area contributed by atoms with Crippen LogP contribution in [0.5, 0.6) is 0 Å². The predicted molar refractivity (Wildman–Crippen MR) is 74.9 cm³/mol. The van der Waals surface area contributed by atoms with Crippen LogP contribution in [0, 0.1) is 6.92 Å². The van der Waals surface area contributed by atoms with Crippen molar-refractivity contribution in [1.82, 2.24) is 5.32 Å². The van der Waals surface area contributed by atoms with Gasteiger partial charge in [-0.2, -0.15) is 0 Å². The topological polar surface area (TPSA) is 15.3 Å². The molecule has 0 aliphatic carbocycles. The first-order valence-corrected chi connectivity index (χ1v) is 6.79. The first-order valence-electron chi connectivity index (χ1n) is 6.79. The second-order valence-corrected chi connectivity index (χ2v) is 5.12. The molecule has 0 unspecified atom stereocenters. The van der Waals surface area contributed by atoms with E-state index in [9.17, 15) is 0 Å². The number of anilines is 1. The monoisotopic (exact) mass is 232 g/mol. The molecule has 17 heavy (non-hydrogen) atoms. The van der Waals surface area contributed by atoms with Gasteiger partial charge in [-0.25, -0.2) is 0 Å². The normalized spacial score (nSPS) is 20.6. The van der Waals surface area contributed by atoms with Crippen LogP contribution in [-0.4, -0.2) is 25.7 Å². The lowest BCUT2D eigenvalue weighted by molar-refractivity contribution is 0.500. The molecule has 1 saturated heterocycles. The van der Waals surface area contributed by atoms with Gasteiger partial charge < -0.3 is 10.2 Å². The Kier molecular flexibility index (Phi) is 4.06. The van der Waals surface area contributed by atoms with Crippen molar-refractivity contribution in [3.8, 4) is 0 Å². The van der Waals surface area contributed by atoms with Crippen molar-refractivity contribution in [2.75, 3.05) is 24.5 Å². The van der Waals surface area contributed by atoms with Gasteiger partial charge in [-0.3, -0.25) is 0 Å². The highest BCUT2D eigenvalue weighted by molar-refractivity contribution is 5.55. The predicted octanol–water partition coefficient (Wildman–Crippen LogP) is 2.75. The van der Waals surface area contributed by atoms with Gasteiger partial charge in [0.1, 0.15) is 0 Å². The number of piperazine rings is 1. The SMILES string of the molecule is CCCc1ccc(N2CCNC[C@@H]2C)c(C)c1. The molecular formula is C15H24N2. The first-order chi connectivity index (χ1) is 8.22. The zero-order valence-corrected chi connectivity index (χ0v) is 11.3. The van der Waals surface area contributed by atoms with Crippen LogP contribution in [0.4, 0.5) is 5.69 Å². The van der Waals surface area contributed by atoms with Crippen LogP contribution in [0.15, 0.2) is 18.2 Å². The number of rotatable bonds is 3. The van der Waals surface area contributed by atoms with E-state index >= 15 is 0 Å². The van der Waals surface area contributed by atoms with E-state index in [1.807, 2.05) is 0 Å². The molecule has 0 aromatic heterocycles. The summed E-state index contributed by atoms with van der Waals surface area (Å²) >= 11 is 0. The maximum atomic E-state index is 3.44. The summed E-state index contributed by atoms with van der Waals surface area (Å²) < 4.78 is 0. The number of hydrogen-bond donors (Lipinski definition) is 1. The summed E-state index contributed by atoms with van der Waals surface area (Å²) in [4.78, 5) is 2.53. The summed E-state index contributed by atoms with van der Waals surface area (Å²) in [5.74, 6) is 0. The van der Waals surface area contributed by atoms with Crippen LogP contribution in [0.1, 0.15) is 31.4 Å². The summed E-state index contributed by atoms with van der Waals surface area (Å²) in [6, 6.07) is 7.55. The standard InChI is InChI=1S/C15H24N2/c1-4-5-14-6-7-15(12(2)10-14)17-9-8-16-11-13(17)3/h6-7,10,13,16H,4-5,8-9,11H2,1-3H3/t13-/m0/s1. The molecule has 2 rings (SSSR count). The van der Waals surface area contributed by atoms with Crippen molar-refractivity contribution in [2.24, 2.45) is 0 Å². The second kappa shape index (κ2) is 5.54. The molecule has 0 saturated carbocycles. The first kappa shape index (κ1) is 12.4. The number of hydrogen-bond acceptors (Lipinski definition) is 2. The maximum absolute atomic E-state index is 3.44. The van der Waals surface area contributed by atoms with Gasteiger partial charge in [-0.05, 0) is 37.5 Å². The average Bonchev–Trinajstić information content (AvgIpc) is 2.31. The quantitative estimate of drug-likeness (QED) is 0.862. The van der Waals surface area contributed by atoms with E-state index in [0.29, 0.717) is 6.04 Å². The van der Waals surface area contributed by atoms with E-state index in [1.54, 1.807) is 0 Å². The van der Waals surface area contributed by atoms with E-state index in [1.165, 1.54) is 29.7 Å². The molecule has 1 fully saturated rings. The highest BCUT2D eigenvalue weighted by Gasteiger charge is 2.19. The maximum Gasteiger partial charge on any atom is 0.0399 e. The summed E-state index contributed by atoms with van der Waals surface area (Å²) in [5, 5.41) is 3.44. The second-order valence-electron chi connectivity index (χ2n) is 5.12. The van der Waals surface area contributed by atoms with Crippen molar-refractivity contribution < 1.29 is 0 Å². The van der Waals surface area contributed by atoms with Crippen LogP contribution in [-0.2, 0) is 6.42 Å².